The number of halogens is 12. The zero-order valence-electron chi connectivity index (χ0n) is 20.6. The van der Waals surface area contributed by atoms with Crippen molar-refractivity contribution in [2.24, 2.45) is 0 Å². The van der Waals surface area contributed by atoms with Crippen molar-refractivity contribution in [1.29, 1.82) is 0 Å². The maximum atomic E-state index is 2.23. The van der Waals surface area contributed by atoms with E-state index in [9.17, 15) is 0 Å². The smallest absolute Gasteiger partial charge is 0 e. The standard InChI is InChI=1S/4C3H9P.12ClH.6Re/c4*1-4(2)3;;;;;;;;;;;;;;;;;;/h4*1-3H3;12*1H;;;;;;/p-12. The fourth-order valence-electron chi connectivity index (χ4n) is 0. The van der Waals surface area contributed by atoms with Gasteiger partial charge in [-0.2, -0.15) is 0 Å². The van der Waals surface area contributed by atoms with Gasteiger partial charge in [0.25, 0.3) is 0 Å². The summed E-state index contributed by atoms with van der Waals surface area (Å²) < 4.78 is 0. The molecule has 0 aliphatic carbocycles. The Balaban J connectivity index is -0.00000000240. The van der Waals surface area contributed by atoms with Crippen LogP contribution in [0.2, 0.25) is 0 Å². The molecule has 6 radical (unpaired) electrons. The van der Waals surface area contributed by atoms with E-state index in [4.69, 9.17) is 0 Å². The molecule has 0 nitrogen and oxygen atoms in total. The maximum absolute atomic E-state index is 2.23. The Bertz CT molecular complexity index is 106. The van der Waals surface area contributed by atoms with Crippen LogP contribution < -0.4 is 149 Å². The van der Waals surface area contributed by atoms with Gasteiger partial charge < -0.3 is 149 Å². The van der Waals surface area contributed by atoms with Crippen molar-refractivity contribution in [2.75, 3.05) is 80.0 Å². The van der Waals surface area contributed by atoms with Gasteiger partial charge in [-0.15, -0.1) is 31.7 Å². The average molecular weight is 1850 g/mol. The molecule has 0 heterocycles. The Morgan fingerprint density at radius 2 is 0.176 bits per heavy atom. The van der Waals surface area contributed by atoms with Crippen molar-refractivity contribution in [1.82, 2.24) is 0 Å². The van der Waals surface area contributed by atoms with Gasteiger partial charge in [0.2, 0.25) is 0 Å². The largest absolute Gasteiger partial charge is 1.00 e. The average Bonchev–Trinajstić information content (AvgIpc) is 1.76. The molecule has 0 aromatic carbocycles. The maximum Gasteiger partial charge on any atom is 0 e. The number of rotatable bonds is 0. The van der Waals surface area contributed by atoms with Crippen LogP contribution >= 0.6 is 31.7 Å². The summed E-state index contributed by atoms with van der Waals surface area (Å²) in [6, 6.07) is 0. The van der Waals surface area contributed by atoms with Crippen molar-refractivity contribution in [3.05, 3.63) is 0 Å². The van der Waals surface area contributed by atoms with Crippen LogP contribution in [0.15, 0.2) is 0 Å². The molecule has 34 heavy (non-hydrogen) atoms. The first kappa shape index (κ1) is 171. The van der Waals surface area contributed by atoms with Crippen LogP contribution in [0.3, 0.4) is 0 Å². The van der Waals surface area contributed by atoms with Gasteiger partial charge in [0, 0.05) is 123 Å². The second-order valence-electron chi connectivity index (χ2n) is 5.37. The third-order valence-electron chi connectivity index (χ3n) is 0. The minimum Gasteiger partial charge on any atom is -1.00 e. The van der Waals surface area contributed by atoms with Crippen molar-refractivity contribution in [3.63, 3.8) is 0 Å². The molecule has 0 unspecified atom stereocenters. The quantitative estimate of drug-likeness (QED) is 0.212. The first-order valence-corrected chi connectivity index (χ1v) is 16.1. The van der Waals surface area contributed by atoms with Crippen molar-refractivity contribution >= 4 is 31.7 Å². The van der Waals surface area contributed by atoms with Gasteiger partial charge in [-0.1, -0.05) is 0 Å². The van der Waals surface area contributed by atoms with Gasteiger partial charge in [-0.25, -0.2) is 0 Å². The summed E-state index contributed by atoms with van der Waals surface area (Å²) in [5.74, 6) is 0. The fraction of sp³-hybridized carbons (Fsp3) is 1.00. The van der Waals surface area contributed by atoms with Crippen LogP contribution in [0.25, 0.3) is 0 Å². The summed E-state index contributed by atoms with van der Waals surface area (Å²) in [7, 11) is 1.52. The van der Waals surface area contributed by atoms with E-state index in [1.807, 2.05) is 0 Å². The van der Waals surface area contributed by atoms with Gasteiger partial charge in [0.15, 0.2) is 0 Å². The first-order chi connectivity index (χ1) is 6.93. The van der Waals surface area contributed by atoms with Gasteiger partial charge >= 0.3 is 0 Å². The summed E-state index contributed by atoms with van der Waals surface area (Å²) in [5.41, 5.74) is 0. The van der Waals surface area contributed by atoms with E-state index in [2.05, 4.69) is 80.0 Å². The molecule has 0 fully saturated rings. The summed E-state index contributed by atoms with van der Waals surface area (Å²) in [6.07, 6.45) is 0. The predicted molar refractivity (Wildman–Crippen MR) is 98.8 cm³/mol. The number of hydrogen-bond acceptors (Lipinski definition) is 0. The van der Waals surface area contributed by atoms with E-state index in [0.29, 0.717) is 31.7 Å². The third-order valence-corrected chi connectivity index (χ3v) is 0. The molecule has 0 bridgehead atoms. The van der Waals surface area contributed by atoms with E-state index in [1.54, 1.807) is 0 Å². The van der Waals surface area contributed by atoms with Crippen molar-refractivity contribution in [2.45, 2.75) is 0 Å². The summed E-state index contributed by atoms with van der Waals surface area (Å²) in [6.45, 7) is 26.8. The van der Waals surface area contributed by atoms with Crippen LogP contribution in [0.5, 0.6) is 0 Å². The molecule has 0 saturated heterocycles. The molecule has 0 N–H and O–H groups in total. The van der Waals surface area contributed by atoms with Gasteiger partial charge in [0.1, 0.15) is 0 Å². The normalized spacial score (nSPS) is 4.24. The molecular formula is C12H36Cl12P4Re6-12. The molecular weight excluding hydrogens is 1810 g/mol. The van der Waals surface area contributed by atoms with E-state index in [1.165, 1.54) is 0 Å². The van der Waals surface area contributed by atoms with Crippen LogP contribution in [-0.2, 0) is 123 Å². The SMILES string of the molecule is CP(C)C.CP(C)C.CP(C)C.CP(C)C.[Cl-].[Cl-].[Cl-].[Cl-].[Cl-].[Cl-].[Cl-].[Cl-].[Cl-].[Cl-].[Cl-].[Cl-].[Re].[Re].[Re].[Re].[Re].[Re]. The van der Waals surface area contributed by atoms with E-state index in [-0.39, 0.29) is 271 Å². The third kappa shape index (κ3) is 790. The molecule has 0 spiro atoms. The molecule has 0 aliphatic rings. The Morgan fingerprint density at radius 1 is 0.176 bits per heavy atom. The second-order valence-corrected chi connectivity index (χ2v) is 16.1. The first-order valence-electron chi connectivity index (χ1n) is 5.37. The Morgan fingerprint density at radius 3 is 0.176 bits per heavy atom. The van der Waals surface area contributed by atoms with Gasteiger partial charge in [-0.3, -0.25) is 0 Å². The van der Waals surface area contributed by atoms with Gasteiger partial charge in [-0.05, 0) is 80.0 Å². The molecule has 22 heteroatoms. The van der Waals surface area contributed by atoms with Crippen LogP contribution in [-0.4, -0.2) is 80.0 Å². The Hall–Kier alpha value is 9.17. The Kier molecular flexibility index (Phi) is 803. The van der Waals surface area contributed by atoms with E-state index < -0.39 is 0 Å². The Labute approximate surface area is 376 Å². The molecule has 0 saturated carbocycles. The van der Waals surface area contributed by atoms with E-state index >= 15 is 0 Å². The summed E-state index contributed by atoms with van der Waals surface area (Å²) >= 11 is 0. The van der Waals surface area contributed by atoms with Crippen molar-refractivity contribution in [3.8, 4) is 0 Å². The molecule has 0 rings (SSSR count). The topological polar surface area (TPSA) is 0 Å². The monoisotopic (exact) mass is 1850 g/mol. The molecule has 242 valence electrons. The summed E-state index contributed by atoms with van der Waals surface area (Å²) in [5, 5.41) is 0. The number of hydrogen-bond donors (Lipinski definition) is 0. The minimum atomic E-state index is 0. The van der Waals surface area contributed by atoms with Gasteiger partial charge in [0.05, 0.1) is 0 Å². The van der Waals surface area contributed by atoms with Crippen molar-refractivity contribution < 1.29 is 271 Å². The fourth-order valence-corrected chi connectivity index (χ4v) is 0. The second kappa shape index (κ2) is 159. The van der Waals surface area contributed by atoms with Crippen LogP contribution in [0.1, 0.15) is 0 Å². The zero-order chi connectivity index (χ0) is 14.3. The predicted octanol–water partition coefficient (Wildman–Crippen LogP) is -30.5. The molecule has 0 atom stereocenters. The van der Waals surface area contributed by atoms with E-state index in [0.717, 1.165) is 0 Å². The van der Waals surface area contributed by atoms with Crippen LogP contribution in [0, 0.1) is 0 Å². The molecule has 0 aliphatic heterocycles. The molecule has 0 aromatic rings. The summed E-state index contributed by atoms with van der Waals surface area (Å²) in [4.78, 5) is 0. The molecule has 0 aromatic heterocycles. The molecule has 0 amide bonds. The zero-order valence-corrected chi connectivity index (χ0v) is 49.5. The minimum absolute atomic E-state index is 0. The van der Waals surface area contributed by atoms with Crippen LogP contribution in [0.4, 0.5) is 0 Å².